The molecule has 1 unspecified atom stereocenters. The molecule has 0 amide bonds. The smallest absolute Gasteiger partial charge is 0.147 e. The minimum absolute atomic E-state index is 0.0575. The number of hydrogen-bond acceptors (Lipinski definition) is 4. The van der Waals surface area contributed by atoms with Crippen LogP contribution in [0.4, 0.5) is 0 Å². The molecule has 0 bridgehead atoms. The highest BCUT2D eigenvalue weighted by molar-refractivity contribution is 7.90. The Morgan fingerprint density at radius 3 is 2.65 bits per heavy atom. The van der Waals surface area contributed by atoms with Crippen molar-refractivity contribution in [2.24, 2.45) is 0 Å². The summed E-state index contributed by atoms with van der Waals surface area (Å²) in [5, 5.41) is 3.35. The topological polar surface area (TPSA) is 59.3 Å². The SMILES string of the molecule is CCCNC(CCS(C)(=O)=O)c1coc(C)c1. The van der Waals surface area contributed by atoms with Gasteiger partial charge in [0.1, 0.15) is 15.6 Å². The van der Waals surface area contributed by atoms with E-state index in [1.54, 1.807) is 6.26 Å². The molecule has 0 radical (unpaired) electrons. The summed E-state index contributed by atoms with van der Waals surface area (Å²) in [7, 11) is -2.92. The van der Waals surface area contributed by atoms with Gasteiger partial charge in [0, 0.05) is 17.9 Å². The molecule has 1 aromatic heterocycles. The van der Waals surface area contributed by atoms with Gasteiger partial charge in [0.15, 0.2) is 0 Å². The summed E-state index contributed by atoms with van der Waals surface area (Å²) in [6, 6.07) is 2.01. The summed E-state index contributed by atoms with van der Waals surface area (Å²) in [6.07, 6.45) is 4.57. The number of nitrogens with one attached hydrogen (secondary N) is 1. The second kappa shape index (κ2) is 6.21. The molecule has 0 fully saturated rings. The van der Waals surface area contributed by atoms with Crippen LogP contribution < -0.4 is 5.32 Å². The van der Waals surface area contributed by atoms with Gasteiger partial charge in [0.25, 0.3) is 0 Å². The van der Waals surface area contributed by atoms with Gasteiger partial charge in [-0.1, -0.05) is 6.92 Å². The molecule has 0 saturated heterocycles. The molecule has 0 aliphatic carbocycles. The van der Waals surface area contributed by atoms with Crippen molar-refractivity contribution in [1.29, 1.82) is 0 Å². The summed E-state index contributed by atoms with van der Waals surface area (Å²) < 4.78 is 27.7. The zero-order chi connectivity index (χ0) is 12.9. The Morgan fingerprint density at radius 1 is 1.47 bits per heavy atom. The lowest BCUT2D eigenvalue weighted by Crippen LogP contribution is -2.24. The molecular formula is C12H21NO3S. The van der Waals surface area contributed by atoms with Gasteiger partial charge in [0.2, 0.25) is 0 Å². The van der Waals surface area contributed by atoms with Gasteiger partial charge in [0.05, 0.1) is 12.0 Å². The molecule has 17 heavy (non-hydrogen) atoms. The molecule has 0 aliphatic rings. The molecule has 0 saturated carbocycles. The Bertz CT molecular complexity index is 436. The number of aryl methyl sites for hydroxylation is 1. The van der Waals surface area contributed by atoms with Gasteiger partial charge in [-0.3, -0.25) is 0 Å². The Balaban J connectivity index is 2.67. The third kappa shape index (κ3) is 5.37. The number of sulfone groups is 1. The fraction of sp³-hybridized carbons (Fsp3) is 0.667. The Labute approximate surface area is 103 Å². The van der Waals surface area contributed by atoms with Gasteiger partial charge in [-0.2, -0.15) is 0 Å². The van der Waals surface area contributed by atoms with Gasteiger partial charge in [-0.15, -0.1) is 0 Å². The van der Waals surface area contributed by atoms with Crippen LogP contribution in [0.3, 0.4) is 0 Å². The Hall–Kier alpha value is -0.810. The van der Waals surface area contributed by atoms with Gasteiger partial charge < -0.3 is 9.73 Å². The van der Waals surface area contributed by atoms with E-state index < -0.39 is 9.84 Å². The third-order valence-corrected chi connectivity index (χ3v) is 3.55. The van der Waals surface area contributed by atoms with E-state index in [4.69, 9.17) is 4.42 Å². The molecule has 1 N–H and O–H groups in total. The van der Waals surface area contributed by atoms with Crippen LogP contribution in [0.2, 0.25) is 0 Å². The minimum Gasteiger partial charge on any atom is -0.469 e. The first-order valence-corrected chi connectivity index (χ1v) is 7.94. The molecule has 98 valence electrons. The summed E-state index contributed by atoms with van der Waals surface area (Å²) in [4.78, 5) is 0. The fourth-order valence-corrected chi connectivity index (χ4v) is 2.35. The first kappa shape index (κ1) is 14.3. The van der Waals surface area contributed by atoms with E-state index in [-0.39, 0.29) is 11.8 Å². The lowest BCUT2D eigenvalue weighted by molar-refractivity contribution is 0.495. The van der Waals surface area contributed by atoms with Crippen LogP contribution in [0.1, 0.15) is 37.1 Å². The molecular weight excluding hydrogens is 238 g/mol. The maximum absolute atomic E-state index is 11.2. The van der Waals surface area contributed by atoms with Crippen LogP contribution in [0.25, 0.3) is 0 Å². The highest BCUT2D eigenvalue weighted by Gasteiger charge is 2.15. The monoisotopic (exact) mass is 259 g/mol. The van der Waals surface area contributed by atoms with Crippen LogP contribution in [-0.4, -0.2) is 27.0 Å². The van der Waals surface area contributed by atoms with Crippen molar-refractivity contribution in [2.45, 2.75) is 32.7 Å². The normalized spacial score (nSPS) is 13.8. The van der Waals surface area contributed by atoms with E-state index in [1.807, 2.05) is 13.0 Å². The van der Waals surface area contributed by atoms with Crippen molar-refractivity contribution in [3.63, 3.8) is 0 Å². The highest BCUT2D eigenvalue weighted by atomic mass is 32.2. The third-order valence-electron chi connectivity index (χ3n) is 2.57. The minimum atomic E-state index is -2.92. The van der Waals surface area contributed by atoms with Gasteiger partial charge in [-0.05, 0) is 32.4 Å². The zero-order valence-electron chi connectivity index (χ0n) is 10.7. The summed E-state index contributed by atoms with van der Waals surface area (Å²) in [5.74, 6) is 1.04. The van der Waals surface area contributed by atoms with Gasteiger partial charge in [-0.25, -0.2) is 8.42 Å². The molecule has 0 aliphatic heterocycles. The molecule has 1 heterocycles. The molecule has 1 aromatic rings. The summed E-state index contributed by atoms with van der Waals surface area (Å²) in [5.41, 5.74) is 1.03. The maximum Gasteiger partial charge on any atom is 0.147 e. The predicted molar refractivity (Wildman–Crippen MR) is 68.8 cm³/mol. The molecule has 1 rings (SSSR count). The average molecular weight is 259 g/mol. The standard InChI is InChI=1S/C12H21NO3S/c1-4-6-13-12(5-7-17(3,14)15)11-8-10(2)16-9-11/h8-9,12-13H,4-7H2,1-3H3. The molecule has 4 nitrogen and oxygen atoms in total. The molecule has 5 heteroatoms. The van der Waals surface area contributed by atoms with Crippen molar-refractivity contribution in [2.75, 3.05) is 18.6 Å². The van der Waals surface area contributed by atoms with E-state index in [9.17, 15) is 8.42 Å². The summed E-state index contributed by atoms with van der Waals surface area (Å²) >= 11 is 0. The Morgan fingerprint density at radius 2 is 2.18 bits per heavy atom. The average Bonchev–Trinajstić information content (AvgIpc) is 2.63. The number of rotatable bonds is 7. The van der Waals surface area contributed by atoms with Crippen LogP contribution in [0, 0.1) is 6.92 Å². The second-order valence-electron chi connectivity index (χ2n) is 4.42. The van der Waals surface area contributed by atoms with Crippen molar-refractivity contribution in [3.8, 4) is 0 Å². The first-order valence-electron chi connectivity index (χ1n) is 5.88. The number of hydrogen-bond donors (Lipinski definition) is 1. The van der Waals surface area contributed by atoms with Crippen LogP contribution in [0.15, 0.2) is 16.7 Å². The van der Waals surface area contributed by atoms with Crippen molar-refractivity contribution in [3.05, 3.63) is 23.7 Å². The van der Waals surface area contributed by atoms with Crippen molar-refractivity contribution < 1.29 is 12.8 Å². The highest BCUT2D eigenvalue weighted by Crippen LogP contribution is 2.20. The maximum atomic E-state index is 11.2. The van der Waals surface area contributed by atoms with Crippen molar-refractivity contribution >= 4 is 9.84 Å². The van der Waals surface area contributed by atoms with Crippen LogP contribution >= 0.6 is 0 Å². The Kier molecular flexibility index (Phi) is 5.21. The lowest BCUT2D eigenvalue weighted by Gasteiger charge is -2.16. The fourth-order valence-electron chi connectivity index (χ4n) is 1.68. The summed E-state index contributed by atoms with van der Waals surface area (Å²) in [6.45, 7) is 4.84. The molecule has 1 atom stereocenters. The second-order valence-corrected chi connectivity index (χ2v) is 6.68. The molecule has 0 aromatic carbocycles. The van der Waals surface area contributed by atoms with Gasteiger partial charge >= 0.3 is 0 Å². The quantitative estimate of drug-likeness (QED) is 0.814. The molecule has 0 spiro atoms. The van der Waals surface area contributed by atoms with Crippen LogP contribution in [0.5, 0.6) is 0 Å². The largest absolute Gasteiger partial charge is 0.469 e. The van der Waals surface area contributed by atoms with E-state index in [2.05, 4.69) is 12.2 Å². The van der Waals surface area contributed by atoms with Crippen LogP contribution in [-0.2, 0) is 9.84 Å². The van der Waals surface area contributed by atoms with E-state index in [1.165, 1.54) is 6.26 Å². The van der Waals surface area contributed by atoms with E-state index in [0.717, 1.165) is 24.3 Å². The zero-order valence-corrected chi connectivity index (χ0v) is 11.5. The van der Waals surface area contributed by atoms with E-state index >= 15 is 0 Å². The van der Waals surface area contributed by atoms with E-state index in [0.29, 0.717) is 6.42 Å². The van der Waals surface area contributed by atoms with Crippen molar-refractivity contribution in [1.82, 2.24) is 5.32 Å². The number of furan rings is 1. The first-order chi connectivity index (χ1) is 7.92. The lowest BCUT2D eigenvalue weighted by atomic mass is 10.1. The predicted octanol–water partition coefficient (Wildman–Crippen LogP) is 2.06.